The molecule has 0 spiro atoms. The summed E-state index contributed by atoms with van der Waals surface area (Å²) in [5.74, 6) is 0. The molecule has 0 aromatic heterocycles. The molecule has 0 aliphatic heterocycles. The van der Waals surface area contributed by atoms with E-state index < -0.39 is 0 Å². The van der Waals surface area contributed by atoms with E-state index in [1.807, 2.05) is 0 Å². The monoisotopic (exact) mass is 140 g/mol. The Labute approximate surface area is 48.2 Å². The molecule has 0 aromatic carbocycles. The van der Waals surface area contributed by atoms with E-state index in [1.165, 1.54) is 0 Å². The average Bonchev–Trinajstić information content (AvgIpc) is 1.38. The molecule has 28 valence electrons. The Kier molecular flexibility index (Phi) is 3.77. The van der Waals surface area contributed by atoms with Crippen LogP contribution in [0.15, 0.2) is 0 Å². The standard InChI is InChI=1S/CHPS3/c3-1(4)2-5/h(H,3,4). The van der Waals surface area contributed by atoms with Crippen molar-refractivity contribution < 1.29 is 0 Å². The maximum absolute atomic E-state index is 4.44. The lowest BCUT2D eigenvalue weighted by Crippen LogP contribution is -1.48. The van der Waals surface area contributed by atoms with Gasteiger partial charge in [0.05, 0.1) is 0 Å². The van der Waals surface area contributed by atoms with E-state index in [9.17, 15) is 0 Å². The van der Waals surface area contributed by atoms with Crippen LogP contribution in [0.2, 0.25) is 0 Å². The Hall–Kier alpha value is 0.960. The number of thiocarbonyl (C=S) groups is 1. The molecule has 4 heteroatoms. The van der Waals surface area contributed by atoms with Crippen LogP contribution in [0.1, 0.15) is 0 Å². The summed E-state index contributed by atoms with van der Waals surface area (Å²) in [6.45, 7) is 0. The van der Waals surface area contributed by atoms with Gasteiger partial charge in [-0.2, -0.15) is 0 Å². The number of hydrogen-bond acceptors (Lipinski definition) is 2. The second-order valence-electron chi connectivity index (χ2n) is 0.374. The Bertz CT molecular complexity index is 57.9. The summed E-state index contributed by atoms with van der Waals surface area (Å²) in [6.07, 6.45) is 0. The third-order valence-corrected chi connectivity index (χ3v) is 2.11. The highest BCUT2D eigenvalue weighted by atomic mass is 32.4. The molecule has 5 heavy (non-hydrogen) atoms. The molecule has 0 saturated heterocycles. The zero-order valence-electron chi connectivity index (χ0n) is 2.21. The summed E-state index contributed by atoms with van der Waals surface area (Å²) in [5, 5.41) is 0. The van der Waals surface area contributed by atoms with E-state index in [2.05, 4.69) is 36.7 Å². The molecule has 0 unspecified atom stereocenters. The van der Waals surface area contributed by atoms with Gasteiger partial charge in [-0.25, -0.2) is 0 Å². The Balaban J connectivity index is 3.20. The SMILES string of the molecule is S=PC(=S)S. The first kappa shape index (κ1) is 5.96. The maximum Gasteiger partial charge on any atom is 0.106 e. The van der Waals surface area contributed by atoms with Crippen LogP contribution in [0, 0.1) is 0 Å². The fourth-order valence-corrected chi connectivity index (χ4v) is 0. The van der Waals surface area contributed by atoms with Crippen LogP contribution in [0.5, 0.6) is 0 Å². The molecular weight excluding hydrogens is 139 g/mol. The normalized spacial score (nSPS) is 8.20. The van der Waals surface area contributed by atoms with Crippen molar-refractivity contribution in [1.82, 2.24) is 0 Å². The summed E-state index contributed by atoms with van der Waals surface area (Å²) in [5.41, 5.74) is 0. The molecule has 0 fully saturated rings. The third-order valence-electron chi connectivity index (χ3n) is 0.0781. The van der Waals surface area contributed by atoms with Gasteiger partial charge in [0.25, 0.3) is 0 Å². The van der Waals surface area contributed by atoms with Crippen LogP contribution in [0.25, 0.3) is 0 Å². The second-order valence-corrected chi connectivity index (χ2v) is 3.36. The van der Waals surface area contributed by atoms with Crippen molar-refractivity contribution in [3.8, 4) is 0 Å². The summed E-state index contributed by atoms with van der Waals surface area (Å²) in [4.78, 5) is 0. The van der Waals surface area contributed by atoms with Crippen molar-refractivity contribution >= 4 is 47.9 Å². The quantitative estimate of drug-likeness (QED) is 0.334. The zero-order valence-corrected chi connectivity index (χ0v) is 5.63. The van der Waals surface area contributed by atoms with E-state index in [0.29, 0.717) is 11.3 Å². The van der Waals surface area contributed by atoms with Gasteiger partial charge in [0.15, 0.2) is 0 Å². The highest BCUT2D eigenvalue weighted by Crippen LogP contribution is 1.99. The van der Waals surface area contributed by atoms with Gasteiger partial charge in [0.2, 0.25) is 0 Å². The minimum absolute atomic E-state index is 0.569. The van der Waals surface area contributed by atoms with E-state index in [4.69, 9.17) is 0 Å². The number of thiol groups is 1. The van der Waals surface area contributed by atoms with Crippen molar-refractivity contribution in [2.75, 3.05) is 0 Å². The molecule has 0 aliphatic rings. The smallest absolute Gasteiger partial charge is 0.106 e. The highest BCUT2D eigenvalue weighted by molar-refractivity contribution is 8.30. The number of hydrogen-bond donors (Lipinski definition) is 1. The first-order valence-electron chi connectivity index (χ1n) is 0.834. The lowest BCUT2D eigenvalue weighted by atomic mass is 11.9. The van der Waals surface area contributed by atoms with E-state index in [1.54, 1.807) is 0 Å². The fraction of sp³-hybridized carbons (Fsp3) is 0. The summed E-state index contributed by atoms with van der Waals surface area (Å²) in [6, 6.07) is 0. The Morgan fingerprint density at radius 2 is 2.00 bits per heavy atom. The van der Waals surface area contributed by atoms with E-state index >= 15 is 0 Å². The van der Waals surface area contributed by atoms with Crippen LogP contribution in [-0.2, 0) is 11.8 Å². The average molecular weight is 140 g/mol. The molecule has 0 heterocycles. The van der Waals surface area contributed by atoms with Gasteiger partial charge < -0.3 is 0 Å². The molecule has 0 aliphatic carbocycles. The van der Waals surface area contributed by atoms with Crippen LogP contribution < -0.4 is 0 Å². The van der Waals surface area contributed by atoms with Gasteiger partial charge in [-0.1, -0.05) is 24.0 Å². The zero-order chi connectivity index (χ0) is 4.28. The highest BCUT2D eigenvalue weighted by Gasteiger charge is 1.68. The minimum Gasteiger partial charge on any atom is -0.126 e. The predicted octanol–water partition coefficient (Wildman–Crippen LogP) is 1.61. The van der Waals surface area contributed by atoms with Crippen molar-refractivity contribution in [2.24, 2.45) is 0 Å². The van der Waals surface area contributed by atoms with Gasteiger partial charge in [0, 0.05) is 7.36 Å². The van der Waals surface area contributed by atoms with Gasteiger partial charge in [-0.15, -0.1) is 12.6 Å². The van der Waals surface area contributed by atoms with Crippen LogP contribution in [0.4, 0.5) is 0 Å². The van der Waals surface area contributed by atoms with Gasteiger partial charge >= 0.3 is 0 Å². The molecular formula is CHPS3. The maximum atomic E-state index is 4.44. The first-order valence-corrected chi connectivity index (χ1v) is 3.60. The molecule has 0 saturated carbocycles. The molecule has 0 bridgehead atoms. The molecule has 0 rings (SSSR count). The van der Waals surface area contributed by atoms with Crippen LogP contribution >= 0.6 is 32.2 Å². The van der Waals surface area contributed by atoms with Crippen molar-refractivity contribution in [3.05, 3.63) is 0 Å². The summed E-state index contributed by atoms with van der Waals surface area (Å²) in [7, 11) is 0.676. The van der Waals surface area contributed by atoms with Crippen molar-refractivity contribution in [1.29, 1.82) is 0 Å². The minimum atomic E-state index is 0.569. The Morgan fingerprint density at radius 1 is 1.80 bits per heavy atom. The molecule has 0 radical (unpaired) electrons. The fourth-order valence-electron chi connectivity index (χ4n) is 0. The van der Waals surface area contributed by atoms with E-state index in [0.717, 1.165) is 0 Å². The van der Waals surface area contributed by atoms with Crippen molar-refractivity contribution in [2.45, 2.75) is 0 Å². The largest absolute Gasteiger partial charge is 0.126 e. The third kappa shape index (κ3) is 4.96. The predicted molar refractivity (Wildman–Crippen MR) is 35.9 cm³/mol. The lowest BCUT2D eigenvalue weighted by Gasteiger charge is -1.63. The lowest BCUT2D eigenvalue weighted by molar-refractivity contribution is 4.18. The van der Waals surface area contributed by atoms with Gasteiger partial charge in [-0.3, -0.25) is 0 Å². The van der Waals surface area contributed by atoms with Crippen LogP contribution in [-0.4, -0.2) is 3.94 Å². The van der Waals surface area contributed by atoms with Gasteiger partial charge in [-0.05, 0) is 0 Å². The molecule has 0 amide bonds. The van der Waals surface area contributed by atoms with Crippen molar-refractivity contribution in [3.63, 3.8) is 0 Å². The topological polar surface area (TPSA) is 0 Å². The molecule has 0 aromatic rings. The summed E-state index contributed by atoms with van der Waals surface area (Å²) >= 11 is 12.6. The molecule has 0 N–H and O–H groups in total. The van der Waals surface area contributed by atoms with Crippen LogP contribution in [0.3, 0.4) is 0 Å². The first-order chi connectivity index (χ1) is 2.27. The molecule has 0 nitrogen and oxygen atoms in total. The number of rotatable bonds is 1. The second kappa shape index (κ2) is 3.16. The Morgan fingerprint density at radius 3 is 2.00 bits per heavy atom. The van der Waals surface area contributed by atoms with E-state index in [-0.39, 0.29) is 0 Å². The van der Waals surface area contributed by atoms with Gasteiger partial charge in [0.1, 0.15) is 3.94 Å². The molecule has 0 atom stereocenters. The summed E-state index contributed by atoms with van der Waals surface area (Å²) < 4.78 is 0.569.